The molecule has 0 aromatic carbocycles. The number of nitrogens with zero attached hydrogens (tertiary/aromatic N) is 4. The minimum Gasteiger partial charge on any atom is -0.396 e. The Morgan fingerprint density at radius 3 is 2.96 bits per heavy atom. The highest BCUT2D eigenvalue weighted by molar-refractivity contribution is 5.92. The van der Waals surface area contributed by atoms with Gasteiger partial charge >= 0.3 is 0 Å². The summed E-state index contributed by atoms with van der Waals surface area (Å²) < 4.78 is 1.68. The third kappa shape index (κ3) is 3.57. The van der Waals surface area contributed by atoms with E-state index in [0.717, 1.165) is 18.8 Å². The van der Waals surface area contributed by atoms with E-state index in [9.17, 15) is 9.90 Å². The number of rotatable bonds is 5. The summed E-state index contributed by atoms with van der Waals surface area (Å²) in [5.74, 6) is -0.135. The summed E-state index contributed by atoms with van der Waals surface area (Å²) in [5.41, 5.74) is 1.51. The summed E-state index contributed by atoms with van der Waals surface area (Å²) in [4.78, 5) is 22.8. The standard InChI is InChI=1S/C16H21N5O2/c1-20-11-17-6-15(20)16(23)19-14-9-21(7-12(14)10-22)8-13-4-2-3-5-18-13/h2-6,11-12,14,22H,7-10H2,1H3,(H,19,23). The summed E-state index contributed by atoms with van der Waals surface area (Å²) in [5, 5.41) is 12.6. The fourth-order valence-corrected chi connectivity index (χ4v) is 2.98. The molecule has 0 radical (unpaired) electrons. The fraction of sp³-hybridized carbons (Fsp3) is 0.438. The van der Waals surface area contributed by atoms with Crippen LogP contribution in [0.3, 0.4) is 0 Å². The molecule has 0 saturated carbocycles. The quantitative estimate of drug-likeness (QED) is 0.814. The third-order valence-corrected chi connectivity index (χ3v) is 4.23. The molecule has 1 fully saturated rings. The van der Waals surface area contributed by atoms with Crippen LogP contribution in [0.5, 0.6) is 0 Å². The minimum absolute atomic E-state index is 0.0240. The molecule has 7 heteroatoms. The first-order chi connectivity index (χ1) is 11.2. The van der Waals surface area contributed by atoms with E-state index < -0.39 is 0 Å². The molecule has 2 unspecified atom stereocenters. The Kier molecular flexibility index (Phi) is 4.68. The van der Waals surface area contributed by atoms with Crippen LogP contribution in [-0.2, 0) is 13.6 Å². The van der Waals surface area contributed by atoms with Crippen molar-refractivity contribution in [1.82, 2.24) is 24.8 Å². The van der Waals surface area contributed by atoms with Crippen molar-refractivity contribution in [2.45, 2.75) is 12.6 Å². The Balaban J connectivity index is 1.63. The van der Waals surface area contributed by atoms with Crippen LogP contribution in [-0.4, -0.2) is 56.2 Å². The van der Waals surface area contributed by atoms with Crippen LogP contribution in [0, 0.1) is 5.92 Å². The van der Waals surface area contributed by atoms with Crippen LogP contribution in [0.1, 0.15) is 16.2 Å². The van der Waals surface area contributed by atoms with Gasteiger partial charge in [0.2, 0.25) is 0 Å². The molecule has 2 aromatic rings. The van der Waals surface area contributed by atoms with E-state index in [2.05, 4.69) is 20.2 Å². The Hall–Kier alpha value is -2.25. The number of nitrogens with one attached hydrogen (secondary N) is 1. The summed E-state index contributed by atoms with van der Waals surface area (Å²) >= 11 is 0. The summed E-state index contributed by atoms with van der Waals surface area (Å²) in [7, 11) is 1.79. The van der Waals surface area contributed by atoms with E-state index in [4.69, 9.17) is 0 Å². The highest BCUT2D eigenvalue weighted by Crippen LogP contribution is 2.19. The number of hydrogen-bond donors (Lipinski definition) is 2. The maximum absolute atomic E-state index is 12.3. The van der Waals surface area contributed by atoms with Crippen molar-refractivity contribution in [3.8, 4) is 0 Å². The van der Waals surface area contributed by atoms with Gasteiger partial charge in [-0.3, -0.25) is 14.7 Å². The monoisotopic (exact) mass is 315 g/mol. The summed E-state index contributed by atoms with van der Waals surface area (Å²) in [6.07, 6.45) is 4.92. The number of carbonyl (C=O) groups excluding carboxylic acids is 1. The van der Waals surface area contributed by atoms with Crippen molar-refractivity contribution in [1.29, 1.82) is 0 Å². The van der Waals surface area contributed by atoms with Gasteiger partial charge in [0.15, 0.2) is 0 Å². The Morgan fingerprint density at radius 2 is 2.30 bits per heavy atom. The number of pyridine rings is 1. The highest BCUT2D eigenvalue weighted by Gasteiger charge is 2.33. The molecule has 1 aliphatic rings. The van der Waals surface area contributed by atoms with Crippen molar-refractivity contribution < 1.29 is 9.90 Å². The van der Waals surface area contributed by atoms with Crippen molar-refractivity contribution in [2.75, 3.05) is 19.7 Å². The second kappa shape index (κ2) is 6.89. The molecule has 0 bridgehead atoms. The van der Waals surface area contributed by atoms with Crippen LogP contribution >= 0.6 is 0 Å². The van der Waals surface area contributed by atoms with Crippen molar-refractivity contribution in [2.24, 2.45) is 13.0 Å². The lowest BCUT2D eigenvalue weighted by molar-refractivity contribution is 0.0913. The molecular formula is C16H21N5O2. The molecule has 23 heavy (non-hydrogen) atoms. The first kappa shape index (κ1) is 15.6. The Labute approximate surface area is 135 Å². The average Bonchev–Trinajstić information content (AvgIpc) is 3.14. The third-order valence-electron chi connectivity index (χ3n) is 4.23. The summed E-state index contributed by atoms with van der Waals surface area (Å²) in [6.45, 7) is 2.21. The van der Waals surface area contributed by atoms with Gasteiger partial charge in [-0.2, -0.15) is 0 Å². The van der Waals surface area contributed by atoms with Crippen LogP contribution in [0.15, 0.2) is 36.9 Å². The molecule has 3 rings (SSSR count). The zero-order valence-electron chi connectivity index (χ0n) is 13.1. The molecule has 3 heterocycles. The van der Waals surface area contributed by atoms with Gasteiger partial charge in [-0.05, 0) is 12.1 Å². The Bertz CT molecular complexity index is 658. The van der Waals surface area contributed by atoms with E-state index in [1.807, 2.05) is 18.2 Å². The molecule has 1 saturated heterocycles. The maximum atomic E-state index is 12.3. The predicted molar refractivity (Wildman–Crippen MR) is 84.6 cm³/mol. The van der Waals surface area contributed by atoms with E-state index in [1.54, 1.807) is 30.3 Å². The number of likely N-dealkylation sites (tertiary alicyclic amines) is 1. The normalized spacial score (nSPS) is 21.5. The number of aliphatic hydroxyl groups excluding tert-OH is 1. The molecule has 2 N–H and O–H groups in total. The zero-order chi connectivity index (χ0) is 16.2. The number of aromatic nitrogens is 3. The first-order valence-electron chi connectivity index (χ1n) is 7.67. The zero-order valence-corrected chi connectivity index (χ0v) is 13.1. The maximum Gasteiger partial charge on any atom is 0.269 e. The molecule has 122 valence electrons. The topological polar surface area (TPSA) is 83.3 Å². The molecule has 0 spiro atoms. The fourth-order valence-electron chi connectivity index (χ4n) is 2.98. The van der Waals surface area contributed by atoms with Crippen LogP contribution < -0.4 is 5.32 Å². The average molecular weight is 315 g/mol. The SMILES string of the molecule is Cn1cncc1C(=O)NC1CN(Cc2ccccn2)CC1CO. The lowest BCUT2D eigenvalue weighted by atomic mass is 10.1. The van der Waals surface area contributed by atoms with Gasteiger partial charge in [0, 0.05) is 51.4 Å². The van der Waals surface area contributed by atoms with Gasteiger partial charge < -0.3 is 15.0 Å². The van der Waals surface area contributed by atoms with Crippen LogP contribution in [0.2, 0.25) is 0 Å². The molecule has 7 nitrogen and oxygen atoms in total. The van der Waals surface area contributed by atoms with E-state index in [-0.39, 0.29) is 24.5 Å². The Morgan fingerprint density at radius 1 is 1.43 bits per heavy atom. The van der Waals surface area contributed by atoms with Crippen LogP contribution in [0.4, 0.5) is 0 Å². The second-order valence-electron chi connectivity index (χ2n) is 5.93. The number of amides is 1. The summed E-state index contributed by atoms with van der Waals surface area (Å²) in [6, 6.07) is 5.76. The molecule has 0 aliphatic carbocycles. The van der Waals surface area contributed by atoms with Gasteiger partial charge in [-0.15, -0.1) is 0 Å². The van der Waals surface area contributed by atoms with Gasteiger partial charge in [0.25, 0.3) is 5.91 Å². The van der Waals surface area contributed by atoms with E-state index in [0.29, 0.717) is 12.2 Å². The number of carbonyl (C=O) groups is 1. The van der Waals surface area contributed by atoms with Gasteiger partial charge in [-0.1, -0.05) is 6.07 Å². The second-order valence-corrected chi connectivity index (χ2v) is 5.93. The highest BCUT2D eigenvalue weighted by atomic mass is 16.3. The van der Waals surface area contributed by atoms with Crippen molar-refractivity contribution >= 4 is 5.91 Å². The number of aryl methyl sites for hydroxylation is 1. The van der Waals surface area contributed by atoms with Crippen molar-refractivity contribution in [3.63, 3.8) is 0 Å². The number of imidazole rings is 1. The largest absolute Gasteiger partial charge is 0.396 e. The molecule has 1 aliphatic heterocycles. The molecule has 2 aromatic heterocycles. The smallest absolute Gasteiger partial charge is 0.269 e. The minimum atomic E-state index is -0.159. The first-order valence-corrected chi connectivity index (χ1v) is 7.67. The molecule has 2 atom stereocenters. The lowest BCUT2D eigenvalue weighted by Gasteiger charge is -2.18. The van der Waals surface area contributed by atoms with Gasteiger partial charge in [0.05, 0.1) is 18.2 Å². The van der Waals surface area contributed by atoms with Crippen molar-refractivity contribution in [3.05, 3.63) is 48.3 Å². The molecule has 1 amide bonds. The lowest BCUT2D eigenvalue weighted by Crippen LogP contribution is -2.42. The molecular weight excluding hydrogens is 294 g/mol. The predicted octanol–water partition coefficient (Wildman–Crippen LogP) is 0.0378. The van der Waals surface area contributed by atoms with Gasteiger partial charge in [-0.25, -0.2) is 4.98 Å². The van der Waals surface area contributed by atoms with E-state index in [1.165, 1.54) is 0 Å². The number of aliphatic hydroxyl groups is 1. The van der Waals surface area contributed by atoms with Gasteiger partial charge in [0.1, 0.15) is 5.69 Å². The van der Waals surface area contributed by atoms with E-state index >= 15 is 0 Å². The number of hydrogen-bond acceptors (Lipinski definition) is 5. The van der Waals surface area contributed by atoms with Crippen LogP contribution in [0.25, 0.3) is 0 Å².